The molecular weight excluding hydrogens is 480 g/mol. The molecule has 0 fully saturated rings. The van der Waals surface area contributed by atoms with Gasteiger partial charge in [-0.1, -0.05) is 24.3 Å². The fourth-order valence-electron chi connectivity index (χ4n) is 3.81. The van der Waals surface area contributed by atoms with Crippen LogP contribution in [0.1, 0.15) is 39.0 Å². The molecule has 0 spiro atoms. The first-order valence-electron chi connectivity index (χ1n) is 11.4. The minimum Gasteiger partial charge on any atom is -0.454 e. The summed E-state index contributed by atoms with van der Waals surface area (Å²) in [5.74, 6) is 0.195. The number of aromatic nitrogens is 6. The Labute approximate surface area is 211 Å². The first kappa shape index (κ1) is 23.7. The van der Waals surface area contributed by atoms with E-state index < -0.39 is 6.29 Å². The second-order valence-corrected chi connectivity index (χ2v) is 10.2. The van der Waals surface area contributed by atoms with Gasteiger partial charge in [-0.05, 0) is 38.6 Å². The maximum Gasteiger partial charge on any atom is 0.268 e. The normalized spacial score (nSPS) is 15.4. The number of carbonyl (C=O) groups is 1. The summed E-state index contributed by atoms with van der Waals surface area (Å²) in [6.45, 7) is 6.18. The number of rotatable bonds is 7. The van der Waals surface area contributed by atoms with Gasteiger partial charge in [0.1, 0.15) is 12.6 Å². The summed E-state index contributed by atoms with van der Waals surface area (Å²) in [5, 5.41) is 11.2. The van der Waals surface area contributed by atoms with Crippen molar-refractivity contribution < 1.29 is 14.3 Å². The molecule has 1 aromatic carbocycles. The number of nitrogen functional groups attached to an aromatic ring is 1. The van der Waals surface area contributed by atoms with E-state index in [1.165, 1.54) is 18.1 Å². The lowest BCUT2D eigenvalue weighted by molar-refractivity contribution is -0.122. The molecule has 36 heavy (non-hydrogen) atoms. The number of nitrogens with zero attached hydrogens (tertiary/aromatic N) is 5. The molecule has 1 aliphatic heterocycles. The van der Waals surface area contributed by atoms with Gasteiger partial charge in [-0.15, -0.1) is 0 Å². The number of carbonyl (C=O) groups excluding carboxylic acids is 1. The van der Waals surface area contributed by atoms with Crippen molar-refractivity contribution in [3.05, 3.63) is 59.8 Å². The van der Waals surface area contributed by atoms with Crippen LogP contribution in [0.2, 0.25) is 0 Å². The molecule has 186 valence electrons. The lowest BCUT2D eigenvalue weighted by Gasteiger charge is -2.20. The zero-order chi connectivity index (χ0) is 25.3. The van der Waals surface area contributed by atoms with Gasteiger partial charge in [0.05, 0.1) is 5.69 Å². The molecule has 4 heterocycles. The predicted molar refractivity (Wildman–Crippen MR) is 135 cm³/mol. The van der Waals surface area contributed by atoms with Crippen molar-refractivity contribution in [3.8, 4) is 11.3 Å². The van der Waals surface area contributed by atoms with Gasteiger partial charge in [0, 0.05) is 35.8 Å². The topological polar surface area (TPSA) is 146 Å². The number of benzene rings is 1. The lowest BCUT2D eigenvalue weighted by Crippen LogP contribution is -2.40. The van der Waals surface area contributed by atoms with Crippen LogP contribution in [0.25, 0.3) is 22.4 Å². The molecule has 11 nitrogen and oxygen atoms in total. The van der Waals surface area contributed by atoms with Gasteiger partial charge in [-0.3, -0.25) is 9.89 Å². The van der Waals surface area contributed by atoms with E-state index >= 15 is 0 Å². The number of ether oxygens (including phenoxy) is 2. The van der Waals surface area contributed by atoms with Crippen LogP contribution in [0.4, 0.5) is 5.82 Å². The summed E-state index contributed by atoms with van der Waals surface area (Å²) in [6, 6.07) is 9.66. The van der Waals surface area contributed by atoms with Crippen molar-refractivity contribution in [3.63, 3.8) is 0 Å². The number of nitrogens with two attached hydrogens (primary N) is 1. The van der Waals surface area contributed by atoms with Crippen LogP contribution in [-0.4, -0.2) is 41.2 Å². The Morgan fingerprint density at radius 1 is 1.25 bits per heavy atom. The third kappa shape index (κ3) is 4.98. The Bertz CT molecular complexity index is 1430. The number of imidazole rings is 1. The van der Waals surface area contributed by atoms with E-state index in [0.29, 0.717) is 28.0 Å². The maximum absolute atomic E-state index is 12.5. The van der Waals surface area contributed by atoms with Crippen LogP contribution in [0.5, 0.6) is 0 Å². The summed E-state index contributed by atoms with van der Waals surface area (Å²) in [5.41, 5.74) is 9.30. The maximum atomic E-state index is 12.5. The van der Waals surface area contributed by atoms with Crippen molar-refractivity contribution in [1.82, 2.24) is 35.0 Å². The van der Waals surface area contributed by atoms with Crippen LogP contribution in [0.3, 0.4) is 0 Å². The van der Waals surface area contributed by atoms with Gasteiger partial charge in [-0.2, -0.15) is 5.10 Å². The van der Waals surface area contributed by atoms with Crippen LogP contribution in [0.15, 0.2) is 59.4 Å². The number of H-pyrrole nitrogens is 1. The van der Waals surface area contributed by atoms with Gasteiger partial charge in [0.2, 0.25) is 11.0 Å². The van der Waals surface area contributed by atoms with Crippen molar-refractivity contribution in [2.45, 2.75) is 50.7 Å². The summed E-state index contributed by atoms with van der Waals surface area (Å²) in [7, 11) is 0. The van der Waals surface area contributed by atoms with Crippen molar-refractivity contribution >= 4 is 34.7 Å². The van der Waals surface area contributed by atoms with E-state index in [4.69, 9.17) is 15.2 Å². The highest BCUT2D eigenvalue weighted by molar-refractivity contribution is 8.02. The number of fused-ring (bicyclic) bond motifs is 1. The second kappa shape index (κ2) is 9.53. The van der Waals surface area contributed by atoms with E-state index in [-0.39, 0.29) is 23.7 Å². The lowest BCUT2D eigenvalue weighted by atomic mass is 10.0. The Morgan fingerprint density at radius 3 is 2.86 bits per heavy atom. The average molecular weight is 507 g/mol. The molecule has 3 aromatic heterocycles. The number of hydrogen-bond acceptors (Lipinski definition) is 9. The molecule has 4 aromatic rings. The number of amides is 1. The number of thioether (sulfide) groups is 1. The third-order valence-corrected chi connectivity index (χ3v) is 6.18. The zero-order valence-corrected chi connectivity index (χ0v) is 20.9. The minimum atomic E-state index is -0.638. The van der Waals surface area contributed by atoms with Gasteiger partial charge in [0.25, 0.3) is 6.29 Å². The highest BCUT2D eigenvalue weighted by atomic mass is 32.2. The molecule has 12 heteroatoms. The van der Waals surface area contributed by atoms with Crippen LogP contribution < -0.4 is 11.1 Å². The van der Waals surface area contributed by atoms with Crippen molar-refractivity contribution in [2.24, 2.45) is 0 Å². The fraction of sp³-hybridized carbons (Fsp3) is 0.292. The smallest absolute Gasteiger partial charge is 0.268 e. The molecule has 0 saturated carbocycles. The molecule has 1 atom stereocenters. The van der Waals surface area contributed by atoms with E-state index in [0.717, 1.165) is 16.8 Å². The average Bonchev–Trinajstić information content (AvgIpc) is 3.58. The van der Waals surface area contributed by atoms with E-state index in [1.807, 2.05) is 55.7 Å². The quantitative estimate of drug-likeness (QED) is 0.341. The number of hydrogen-bond donors (Lipinski definition) is 3. The van der Waals surface area contributed by atoms with Gasteiger partial charge in [-0.25, -0.2) is 15.0 Å². The molecule has 1 unspecified atom stereocenters. The number of aromatic amines is 1. The van der Waals surface area contributed by atoms with Crippen LogP contribution in [-0.2, 0) is 20.8 Å². The number of anilines is 1. The van der Waals surface area contributed by atoms with E-state index in [1.54, 1.807) is 12.5 Å². The van der Waals surface area contributed by atoms with Crippen molar-refractivity contribution in [2.75, 3.05) is 5.73 Å². The molecule has 1 aliphatic rings. The molecule has 0 bridgehead atoms. The minimum absolute atomic E-state index is 0.0722. The van der Waals surface area contributed by atoms with E-state index in [2.05, 4.69) is 30.5 Å². The molecule has 0 saturated heterocycles. The Kier molecular flexibility index (Phi) is 6.27. The molecule has 1 amide bonds. The van der Waals surface area contributed by atoms with Gasteiger partial charge >= 0.3 is 0 Å². The second-order valence-electron chi connectivity index (χ2n) is 9.20. The third-order valence-electron chi connectivity index (χ3n) is 5.30. The summed E-state index contributed by atoms with van der Waals surface area (Å²) in [4.78, 5) is 25.5. The molecule has 4 N–H and O–H groups in total. The summed E-state index contributed by atoms with van der Waals surface area (Å²) < 4.78 is 13.8. The van der Waals surface area contributed by atoms with E-state index in [9.17, 15) is 4.79 Å². The number of nitrogens with one attached hydrogen (secondary N) is 2. The summed E-state index contributed by atoms with van der Waals surface area (Å²) >= 11 is 1.27. The highest BCUT2D eigenvalue weighted by Crippen LogP contribution is 2.40. The number of aryl methyl sites for hydroxylation is 1. The van der Waals surface area contributed by atoms with Crippen LogP contribution in [0, 0.1) is 0 Å². The Balaban J connectivity index is 1.36. The monoisotopic (exact) mass is 506 g/mol. The largest absolute Gasteiger partial charge is 0.454 e. The SMILES string of the molecule is CC(C)(C)NC(=O)CCn1c(SC2=COC(c3ccccc3-c3cc[nH]n3)O2)nc2c(N)ncnc21. The standard InChI is InChI=1S/C24H26N8O3S/c1-24(2,3)30-17(33)9-11-32-21-19(20(25)26-13-27-21)29-23(32)36-18-12-34-22(35-18)15-7-5-4-6-14(15)16-8-10-28-31-16/h4-8,10,12-13,22H,9,11H2,1-3H3,(H,28,31)(H,30,33)(H2,25,26,27). The predicted octanol–water partition coefficient (Wildman–Crippen LogP) is 3.74. The van der Waals surface area contributed by atoms with Gasteiger partial charge < -0.3 is 25.1 Å². The molecule has 5 rings (SSSR count). The zero-order valence-electron chi connectivity index (χ0n) is 20.1. The first-order valence-corrected chi connectivity index (χ1v) is 12.2. The Morgan fingerprint density at radius 2 is 2.08 bits per heavy atom. The fourth-order valence-corrected chi connectivity index (χ4v) is 4.65. The highest BCUT2D eigenvalue weighted by Gasteiger charge is 2.28. The molecule has 0 aliphatic carbocycles. The van der Waals surface area contributed by atoms with Gasteiger partial charge in [0.15, 0.2) is 22.1 Å². The molecular formula is C24H26N8O3S. The summed E-state index contributed by atoms with van der Waals surface area (Å²) in [6.07, 6.45) is 4.32. The first-order chi connectivity index (χ1) is 17.3. The van der Waals surface area contributed by atoms with Crippen LogP contribution >= 0.6 is 11.8 Å². The van der Waals surface area contributed by atoms with Crippen molar-refractivity contribution in [1.29, 1.82) is 0 Å². The Hall–Kier alpha value is -4.06. The molecule has 0 radical (unpaired) electrons.